The quantitative estimate of drug-likeness (QED) is 0.797. The van der Waals surface area contributed by atoms with Crippen LogP contribution < -0.4 is 11.1 Å². The number of hydrogen-bond donors (Lipinski definition) is 2. The minimum atomic E-state index is 0.227. The molecule has 0 amide bonds. The van der Waals surface area contributed by atoms with E-state index in [-0.39, 0.29) is 5.28 Å². The summed E-state index contributed by atoms with van der Waals surface area (Å²) < 4.78 is 0. The first-order chi connectivity index (χ1) is 7.45. The Morgan fingerprint density at radius 2 is 2.00 bits per heavy atom. The van der Waals surface area contributed by atoms with Crippen molar-refractivity contribution in [3.8, 4) is 0 Å². The lowest BCUT2D eigenvalue weighted by atomic mass is 10.0. The van der Waals surface area contributed by atoms with E-state index in [2.05, 4.69) is 36.1 Å². The number of nitrogens with zero attached hydrogens (tertiary/aromatic N) is 2. The molecule has 90 valence electrons. The minimum absolute atomic E-state index is 0.227. The number of nitrogens with one attached hydrogen (secondary N) is 1. The molecule has 0 bridgehead atoms. The van der Waals surface area contributed by atoms with Crippen LogP contribution in [0.15, 0.2) is 0 Å². The van der Waals surface area contributed by atoms with Crippen LogP contribution in [0.4, 0.5) is 11.5 Å². The lowest BCUT2D eigenvalue weighted by Gasteiger charge is -2.21. The maximum Gasteiger partial charge on any atom is 0.224 e. The Kier molecular flexibility index (Phi) is 4.35. The van der Waals surface area contributed by atoms with E-state index in [0.717, 1.165) is 6.42 Å². The van der Waals surface area contributed by atoms with Gasteiger partial charge in [-0.1, -0.05) is 20.3 Å². The van der Waals surface area contributed by atoms with Gasteiger partial charge in [0.25, 0.3) is 0 Å². The third-order valence-corrected chi connectivity index (χ3v) is 3.14. The average Bonchev–Trinajstić information content (AvgIpc) is 2.23. The molecule has 4 nitrogen and oxygen atoms in total. The Labute approximate surface area is 102 Å². The summed E-state index contributed by atoms with van der Waals surface area (Å²) in [7, 11) is 0. The molecule has 1 rings (SSSR count). The first kappa shape index (κ1) is 13.0. The summed E-state index contributed by atoms with van der Waals surface area (Å²) in [5.74, 6) is 1.18. The number of rotatable bonds is 4. The number of nitrogen functional groups attached to an aromatic ring is 1. The fourth-order valence-corrected chi connectivity index (χ4v) is 1.58. The topological polar surface area (TPSA) is 63.8 Å². The second kappa shape index (κ2) is 5.34. The fourth-order valence-electron chi connectivity index (χ4n) is 1.37. The minimum Gasteiger partial charge on any atom is -0.394 e. The normalized spacial score (nSPS) is 14.6. The largest absolute Gasteiger partial charge is 0.394 e. The predicted octanol–water partition coefficient (Wildman–Crippen LogP) is 2.87. The van der Waals surface area contributed by atoms with Crippen LogP contribution in [0.2, 0.25) is 5.28 Å². The molecule has 2 unspecified atom stereocenters. The smallest absolute Gasteiger partial charge is 0.224 e. The standard InChI is InChI=1S/C11H19ClN4/c1-5-6(2)7(3)14-10-9(13)8(4)15-11(12)16-10/h6-7H,5,13H2,1-4H3,(H,14,15,16). The maximum absolute atomic E-state index is 5.90. The van der Waals surface area contributed by atoms with E-state index >= 15 is 0 Å². The Balaban J connectivity index is 2.88. The van der Waals surface area contributed by atoms with Gasteiger partial charge in [0.15, 0.2) is 5.82 Å². The zero-order chi connectivity index (χ0) is 12.3. The Morgan fingerprint density at radius 3 is 2.56 bits per heavy atom. The van der Waals surface area contributed by atoms with Gasteiger partial charge in [0.05, 0.1) is 11.4 Å². The Bertz CT molecular complexity index is 367. The van der Waals surface area contributed by atoms with Crippen LogP contribution in [0, 0.1) is 12.8 Å². The van der Waals surface area contributed by atoms with Crippen LogP contribution in [-0.4, -0.2) is 16.0 Å². The molecule has 1 heterocycles. The summed E-state index contributed by atoms with van der Waals surface area (Å²) in [5.41, 5.74) is 7.17. The molecule has 16 heavy (non-hydrogen) atoms. The van der Waals surface area contributed by atoms with Gasteiger partial charge in [-0.25, -0.2) is 4.98 Å². The van der Waals surface area contributed by atoms with Gasteiger partial charge in [-0.05, 0) is 31.4 Å². The van der Waals surface area contributed by atoms with Gasteiger partial charge in [0.2, 0.25) is 5.28 Å². The van der Waals surface area contributed by atoms with Gasteiger partial charge >= 0.3 is 0 Å². The molecule has 0 aromatic carbocycles. The molecule has 0 aliphatic heterocycles. The molecule has 5 heteroatoms. The van der Waals surface area contributed by atoms with E-state index in [0.29, 0.717) is 29.2 Å². The highest BCUT2D eigenvalue weighted by atomic mass is 35.5. The van der Waals surface area contributed by atoms with Crippen molar-refractivity contribution in [3.63, 3.8) is 0 Å². The number of aromatic nitrogens is 2. The van der Waals surface area contributed by atoms with Crippen LogP contribution in [0.1, 0.15) is 32.9 Å². The van der Waals surface area contributed by atoms with Crippen molar-refractivity contribution < 1.29 is 0 Å². The van der Waals surface area contributed by atoms with Crippen molar-refractivity contribution in [2.45, 2.75) is 40.2 Å². The molecule has 0 aliphatic carbocycles. The number of nitrogens with two attached hydrogens (primary N) is 1. The molecule has 1 aromatic rings. The molecular formula is C11H19ClN4. The molecule has 2 atom stereocenters. The van der Waals surface area contributed by atoms with Crippen molar-refractivity contribution in [2.75, 3.05) is 11.1 Å². The second-order valence-corrected chi connectivity index (χ2v) is 4.50. The third kappa shape index (κ3) is 2.98. The van der Waals surface area contributed by atoms with Crippen molar-refractivity contribution in [3.05, 3.63) is 11.0 Å². The highest BCUT2D eigenvalue weighted by Crippen LogP contribution is 2.23. The predicted molar refractivity (Wildman–Crippen MR) is 68.7 cm³/mol. The summed E-state index contributed by atoms with van der Waals surface area (Å²) in [6, 6.07) is 0.303. The molecule has 0 aliphatic rings. The number of hydrogen-bond acceptors (Lipinski definition) is 4. The summed E-state index contributed by atoms with van der Waals surface area (Å²) in [5, 5.41) is 3.51. The summed E-state index contributed by atoms with van der Waals surface area (Å²) in [6.07, 6.45) is 1.10. The van der Waals surface area contributed by atoms with Crippen LogP contribution in [0.3, 0.4) is 0 Å². The lowest BCUT2D eigenvalue weighted by molar-refractivity contribution is 0.493. The highest BCUT2D eigenvalue weighted by Gasteiger charge is 2.14. The zero-order valence-electron chi connectivity index (χ0n) is 10.2. The highest BCUT2D eigenvalue weighted by molar-refractivity contribution is 6.28. The monoisotopic (exact) mass is 242 g/mol. The molecule has 0 saturated carbocycles. The molecule has 0 radical (unpaired) electrons. The lowest BCUT2D eigenvalue weighted by Crippen LogP contribution is -2.24. The van der Waals surface area contributed by atoms with E-state index in [1.165, 1.54) is 0 Å². The second-order valence-electron chi connectivity index (χ2n) is 4.16. The molecular weight excluding hydrogens is 224 g/mol. The maximum atomic E-state index is 5.90. The summed E-state index contributed by atoms with van der Waals surface area (Å²) in [6.45, 7) is 8.27. The van der Waals surface area contributed by atoms with Crippen LogP contribution in [-0.2, 0) is 0 Å². The molecule has 0 saturated heterocycles. The van der Waals surface area contributed by atoms with E-state index in [9.17, 15) is 0 Å². The summed E-state index contributed by atoms with van der Waals surface area (Å²) in [4.78, 5) is 8.10. The van der Waals surface area contributed by atoms with Crippen molar-refractivity contribution in [1.29, 1.82) is 0 Å². The van der Waals surface area contributed by atoms with Crippen molar-refractivity contribution in [2.24, 2.45) is 5.92 Å². The van der Waals surface area contributed by atoms with E-state index in [1.807, 2.05) is 6.92 Å². The van der Waals surface area contributed by atoms with E-state index < -0.39 is 0 Å². The van der Waals surface area contributed by atoms with Gasteiger partial charge in [-0.15, -0.1) is 0 Å². The summed E-state index contributed by atoms with van der Waals surface area (Å²) >= 11 is 5.80. The first-order valence-corrected chi connectivity index (χ1v) is 5.89. The van der Waals surface area contributed by atoms with Crippen molar-refractivity contribution >= 4 is 23.1 Å². The fraction of sp³-hybridized carbons (Fsp3) is 0.636. The van der Waals surface area contributed by atoms with E-state index in [1.54, 1.807) is 0 Å². The number of halogens is 1. The average molecular weight is 243 g/mol. The van der Waals surface area contributed by atoms with E-state index in [4.69, 9.17) is 17.3 Å². The molecule has 0 fully saturated rings. The Morgan fingerprint density at radius 1 is 1.38 bits per heavy atom. The van der Waals surface area contributed by atoms with Gasteiger partial charge in [-0.2, -0.15) is 4.98 Å². The van der Waals surface area contributed by atoms with Crippen molar-refractivity contribution in [1.82, 2.24) is 9.97 Å². The SMILES string of the molecule is CCC(C)C(C)Nc1nc(Cl)nc(C)c1N. The van der Waals surface area contributed by atoms with Gasteiger partial charge in [0, 0.05) is 6.04 Å². The van der Waals surface area contributed by atoms with Gasteiger partial charge in [-0.3, -0.25) is 0 Å². The first-order valence-electron chi connectivity index (χ1n) is 5.51. The number of aryl methyl sites for hydroxylation is 1. The zero-order valence-corrected chi connectivity index (χ0v) is 11.0. The third-order valence-electron chi connectivity index (χ3n) is 2.97. The van der Waals surface area contributed by atoms with Gasteiger partial charge < -0.3 is 11.1 Å². The van der Waals surface area contributed by atoms with Crippen LogP contribution >= 0.6 is 11.6 Å². The van der Waals surface area contributed by atoms with Crippen LogP contribution in [0.5, 0.6) is 0 Å². The van der Waals surface area contributed by atoms with Gasteiger partial charge in [0.1, 0.15) is 0 Å². The Hall–Kier alpha value is -1.03. The molecule has 1 aromatic heterocycles. The molecule has 0 spiro atoms. The number of anilines is 2. The van der Waals surface area contributed by atoms with Crippen LogP contribution in [0.25, 0.3) is 0 Å². The molecule has 3 N–H and O–H groups in total.